The molecule has 2 aliphatic rings. The van der Waals surface area contributed by atoms with Crippen molar-refractivity contribution in [1.82, 2.24) is 14.7 Å². The van der Waals surface area contributed by atoms with E-state index in [0.29, 0.717) is 5.92 Å². The number of hydrogen-bond acceptors (Lipinski definition) is 3. The van der Waals surface area contributed by atoms with Gasteiger partial charge in [-0.1, -0.05) is 49.6 Å². The van der Waals surface area contributed by atoms with E-state index < -0.39 is 0 Å². The van der Waals surface area contributed by atoms with Crippen LogP contribution in [0.25, 0.3) is 11.3 Å². The van der Waals surface area contributed by atoms with E-state index in [1.165, 1.54) is 30.5 Å². The third-order valence-corrected chi connectivity index (χ3v) is 6.33. The minimum absolute atomic E-state index is 0.143. The van der Waals surface area contributed by atoms with Crippen molar-refractivity contribution in [2.24, 2.45) is 18.7 Å². The van der Waals surface area contributed by atoms with Crippen molar-refractivity contribution >= 4 is 5.91 Å². The number of fused-ring (bicyclic) bond motifs is 1. The van der Waals surface area contributed by atoms with E-state index in [2.05, 4.69) is 12.1 Å². The number of nitrogens with zero attached hydrogens (tertiary/aromatic N) is 3. The predicted octanol–water partition coefficient (Wildman–Crippen LogP) is 2.92. The first-order valence-electron chi connectivity index (χ1n) is 10.3. The largest absolute Gasteiger partial charge is 0.341 e. The molecule has 1 aliphatic heterocycles. The van der Waals surface area contributed by atoms with Gasteiger partial charge in [0, 0.05) is 43.4 Å². The summed E-state index contributed by atoms with van der Waals surface area (Å²) in [6.07, 6.45) is 7.59. The van der Waals surface area contributed by atoms with Gasteiger partial charge in [0.25, 0.3) is 0 Å². The maximum Gasteiger partial charge on any atom is 0.239 e. The quantitative estimate of drug-likeness (QED) is 0.908. The number of nitrogens with two attached hydrogens (primary N) is 1. The van der Waals surface area contributed by atoms with Gasteiger partial charge in [-0.3, -0.25) is 9.48 Å². The van der Waals surface area contributed by atoms with Crippen LogP contribution in [0.4, 0.5) is 0 Å². The molecule has 0 bridgehead atoms. The number of aryl methyl sites for hydroxylation is 1. The molecule has 1 aliphatic carbocycles. The summed E-state index contributed by atoms with van der Waals surface area (Å²) in [6, 6.07) is 10.00. The molecule has 0 spiro atoms. The molecule has 1 fully saturated rings. The lowest BCUT2D eigenvalue weighted by molar-refractivity contribution is -0.134. The highest BCUT2D eigenvalue weighted by atomic mass is 16.2. The summed E-state index contributed by atoms with van der Waals surface area (Å²) >= 11 is 0. The molecule has 1 aromatic heterocycles. The molecule has 1 saturated carbocycles. The highest BCUT2D eigenvalue weighted by Crippen LogP contribution is 2.29. The van der Waals surface area contributed by atoms with Crippen LogP contribution in [-0.4, -0.2) is 39.7 Å². The van der Waals surface area contributed by atoms with Crippen LogP contribution in [-0.2, 0) is 24.7 Å². The zero-order chi connectivity index (χ0) is 18.8. The molecular formula is C22H30N4O. The van der Waals surface area contributed by atoms with Crippen molar-refractivity contribution in [1.29, 1.82) is 0 Å². The number of hydrogen-bond donors (Lipinski definition) is 1. The Bertz CT molecular complexity index is 792. The lowest BCUT2D eigenvalue weighted by atomic mass is 9.83. The lowest BCUT2D eigenvalue weighted by Gasteiger charge is -2.31. The zero-order valence-electron chi connectivity index (χ0n) is 16.2. The summed E-state index contributed by atoms with van der Waals surface area (Å²) in [5.41, 5.74) is 11.1. The number of carbonyl (C=O) groups excluding carboxylic acids is 1. The van der Waals surface area contributed by atoms with Crippen molar-refractivity contribution in [3.05, 3.63) is 41.6 Å². The Kier molecular flexibility index (Phi) is 5.30. The van der Waals surface area contributed by atoms with Gasteiger partial charge >= 0.3 is 0 Å². The van der Waals surface area contributed by atoms with Gasteiger partial charge in [-0.25, -0.2) is 0 Å². The van der Waals surface area contributed by atoms with E-state index in [9.17, 15) is 4.79 Å². The molecule has 0 unspecified atom stereocenters. The summed E-state index contributed by atoms with van der Waals surface area (Å²) in [7, 11) is 2.01. The third kappa shape index (κ3) is 3.65. The van der Waals surface area contributed by atoms with Gasteiger partial charge in [-0.2, -0.15) is 5.10 Å². The number of rotatable bonds is 3. The van der Waals surface area contributed by atoms with Crippen molar-refractivity contribution < 1.29 is 4.79 Å². The first kappa shape index (κ1) is 18.2. The summed E-state index contributed by atoms with van der Waals surface area (Å²) in [6.45, 7) is 1.47. The molecule has 1 atom stereocenters. The molecule has 0 saturated heterocycles. The third-order valence-electron chi connectivity index (χ3n) is 6.33. The maximum atomic E-state index is 13.0. The summed E-state index contributed by atoms with van der Waals surface area (Å²) in [5.74, 6) is 0.502. The fraction of sp³-hybridized carbons (Fsp3) is 0.545. The molecule has 1 aromatic carbocycles. The van der Waals surface area contributed by atoms with Crippen LogP contribution in [0.3, 0.4) is 0 Å². The van der Waals surface area contributed by atoms with Gasteiger partial charge in [0.15, 0.2) is 0 Å². The first-order valence-corrected chi connectivity index (χ1v) is 10.3. The monoisotopic (exact) mass is 366 g/mol. The Labute approximate surface area is 161 Å². The Hall–Kier alpha value is -2.14. The van der Waals surface area contributed by atoms with Crippen LogP contribution < -0.4 is 5.73 Å². The van der Waals surface area contributed by atoms with Gasteiger partial charge in [0.1, 0.15) is 0 Å². The molecular weight excluding hydrogens is 336 g/mol. The van der Waals surface area contributed by atoms with Crippen LogP contribution in [0.15, 0.2) is 30.3 Å². The van der Waals surface area contributed by atoms with E-state index in [4.69, 9.17) is 10.8 Å². The van der Waals surface area contributed by atoms with Crippen molar-refractivity contribution in [3.63, 3.8) is 0 Å². The average molecular weight is 367 g/mol. The normalized spacial score (nSPS) is 19.4. The predicted molar refractivity (Wildman–Crippen MR) is 107 cm³/mol. The molecule has 2 heterocycles. The van der Waals surface area contributed by atoms with E-state index >= 15 is 0 Å². The minimum atomic E-state index is -0.335. The average Bonchev–Trinajstić information content (AvgIpc) is 2.89. The lowest BCUT2D eigenvalue weighted by Crippen LogP contribution is -2.49. The van der Waals surface area contributed by atoms with E-state index in [0.717, 1.165) is 50.0 Å². The Morgan fingerprint density at radius 3 is 2.56 bits per heavy atom. The summed E-state index contributed by atoms with van der Waals surface area (Å²) in [4.78, 5) is 15.0. The van der Waals surface area contributed by atoms with Gasteiger partial charge in [0.2, 0.25) is 5.91 Å². The van der Waals surface area contributed by atoms with Crippen LogP contribution in [0.2, 0.25) is 0 Å². The number of benzene rings is 1. The Morgan fingerprint density at radius 2 is 1.81 bits per heavy atom. The molecule has 5 nitrogen and oxygen atoms in total. The second-order valence-corrected chi connectivity index (χ2v) is 8.01. The maximum absolute atomic E-state index is 13.0. The molecule has 2 N–H and O–H groups in total. The smallest absolute Gasteiger partial charge is 0.239 e. The fourth-order valence-electron chi connectivity index (χ4n) is 4.73. The van der Waals surface area contributed by atoms with Crippen LogP contribution in [0, 0.1) is 5.92 Å². The van der Waals surface area contributed by atoms with Gasteiger partial charge in [-0.05, 0) is 25.2 Å². The van der Waals surface area contributed by atoms with E-state index in [1.54, 1.807) is 0 Å². The minimum Gasteiger partial charge on any atom is -0.341 e. The van der Waals surface area contributed by atoms with Crippen LogP contribution in [0.1, 0.15) is 43.4 Å². The fourth-order valence-corrected chi connectivity index (χ4v) is 4.73. The highest BCUT2D eigenvalue weighted by Gasteiger charge is 2.31. The van der Waals surface area contributed by atoms with E-state index in [1.807, 2.05) is 34.8 Å². The number of aromatic nitrogens is 2. The number of amides is 1. The van der Waals surface area contributed by atoms with Crippen molar-refractivity contribution in [2.45, 2.75) is 51.0 Å². The molecule has 1 amide bonds. The van der Waals surface area contributed by atoms with Crippen molar-refractivity contribution in [3.8, 4) is 11.3 Å². The zero-order valence-corrected chi connectivity index (χ0v) is 16.2. The molecule has 4 rings (SSSR count). The summed E-state index contributed by atoms with van der Waals surface area (Å²) < 4.78 is 1.99. The number of carbonyl (C=O) groups is 1. The van der Waals surface area contributed by atoms with E-state index in [-0.39, 0.29) is 11.9 Å². The van der Waals surface area contributed by atoms with Crippen molar-refractivity contribution in [2.75, 3.05) is 13.1 Å². The molecule has 2 aromatic rings. The molecule has 27 heavy (non-hydrogen) atoms. The van der Waals surface area contributed by atoms with Crippen LogP contribution in [0.5, 0.6) is 0 Å². The highest BCUT2D eigenvalue weighted by molar-refractivity contribution is 5.82. The Balaban J connectivity index is 1.51. The molecule has 144 valence electrons. The van der Waals surface area contributed by atoms with Crippen LogP contribution >= 0.6 is 0 Å². The molecule has 5 heteroatoms. The second kappa shape index (κ2) is 7.85. The first-order chi connectivity index (χ1) is 13.1. The second-order valence-electron chi connectivity index (χ2n) is 8.01. The Morgan fingerprint density at radius 1 is 1.11 bits per heavy atom. The van der Waals surface area contributed by atoms with Gasteiger partial charge in [-0.15, -0.1) is 0 Å². The van der Waals surface area contributed by atoms with Gasteiger partial charge < -0.3 is 10.6 Å². The summed E-state index contributed by atoms with van der Waals surface area (Å²) in [5, 5.41) is 4.77. The molecule has 0 radical (unpaired) electrons. The SMILES string of the molecule is Cn1nc(-c2ccccc2)c2c1CCN(C(=O)[C@@H](N)C1CCCCC1)CC2. The van der Waals surface area contributed by atoms with Gasteiger partial charge in [0.05, 0.1) is 11.7 Å². The topological polar surface area (TPSA) is 64.2 Å². The standard InChI is InChI=1S/C22H30N4O/c1-25-19-13-15-26(22(27)20(23)16-8-4-2-5-9-16)14-12-18(19)21(24-25)17-10-6-3-7-11-17/h3,6-7,10-11,16,20H,2,4-5,8-9,12-15,23H2,1H3/t20-/m0/s1.